The zero-order chi connectivity index (χ0) is 21.1. The molecule has 0 unspecified atom stereocenters. The summed E-state index contributed by atoms with van der Waals surface area (Å²) >= 11 is 0. The van der Waals surface area contributed by atoms with Crippen molar-refractivity contribution in [1.29, 1.82) is 0 Å². The van der Waals surface area contributed by atoms with Gasteiger partial charge in [0.2, 0.25) is 11.9 Å². The van der Waals surface area contributed by atoms with Gasteiger partial charge in [-0.15, -0.1) is 5.10 Å². The van der Waals surface area contributed by atoms with Gasteiger partial charge in [-0.3, -0.25) is 9.98 Å². The molecule has 2 aliphatic carbocycles. The average Bonchev–Trinajstić information content (AvgIpc) is 3.03. The highest BCUT2D eigenvalue weighted by Crippen LogP contribution is 2.62. The van der Waals surface area contributed by atoms with E-state index < -0.39 is 5.92 Å². The number of hydrogen-bond acceptors (Lipinski definition) is 5. The number of hydrogen-bond donors (Lipinski definition) is 1. The summed E-state index contributed by atoms with van der Waals surface area (Å²) in [5.74, 6) is -1.95. The maximum absolute atomic E-state index is 13.2. The molecule has 0 bridgehead atoms. The summed E-state index contributed by atoms with van der Waals surface area (Å²) < 4.78 is 28.1. The molecule has 6 nitrogen and oxygen atoms in total. The minimum absolute atomic E-state index is 0.0212. The highest BCUT2D eigenvalue weighted by molar-refractivity contribution is 5.83. The Hall–Kier alpha value is -2.90. The molecule has 0 radical (unpaired) electrons. The van der Waals surface area contributed by atoms with Crippen molar-refractivity contribution in [2.75, 3.05) is 5.32 Å². The van der Waals surface area contributed by atoms with Crippen molar-refractivity contribution < 1.29 is 8.78 Å². The van der Waals surface area contributed by atoms with Crippen molar-refractivity contribution in [2.45, 2.75) is 58.4 Å². The van der Waals surface area contributed by atoms with E-state index >= 15 is 0 Å². The molecule has 0 saturated heterocycles. The van der Waals surface area contributed by atoms with Crippen LogP contribution in [0.25, 0.3) is 16.8 Å². The lowest BCUT2D eigenvalue weighted by atomic mass is 9.52. The Morgan fingerprint density at radius 1 is 1.20 bits per heavy atom. The monoisotopic (exact) mass is 410 g/mol. The average molecular weight is 410 g/mol. The third-order valence-corrected chi connectivity index (χ3v) is 6.05. The first-order valence-electron chi connectivity index (χ1n) is 10.2. The molecule has 0 aliphatic heterocycles. The van der Waals surface area contributed by atoms with Gasteiger partial charge in [0, 0.05) is 36.4 Å². The summed E-state index contributed by atoms with van der Waals surface area (Å²) in [6, 6.07) is 6.06. The van der Waals surface area contributed by atoms with E-state index in [4.69, 9.17) is 4.98 Å². The van der Waals surface area contributed by atoms with Crippen LogP contribution < -0.4 is 5.32 Å². The second kappa shape index (κ2) is 6.55. The largest absolute Gasteiger partial charge is 0.350 e. The predicted molar refractivity (Wildman–Crippen MR) is 113 cm³/mol. The summed E-state index contributed by atoms with van der Waals surface area (Å²) in [6.07, 6.45) is 5.22. The van der Waals surface area contributed by atoms with Gasteiger partial charge in [-0.1, -0.05) is 0 Å². The number of nitrogens with zero attached hydrogens (tertiary/aromatic N) is 5. The second-order valence-electron chi connectivity index (χ2n) is 8.96. The highest BCUT2D eigenvalue weighted by atomic mass is 19.3. The van der Waals surface area contributed by atoms with E-state index in [9.17, 15) is 8.78 Å². The molecular weight excluding hydrogens is 386 g/mol. The third-order valence-electron chi connectivity index (χ3n) is 6.05. The van der Waals surface area contributed by atoms with E-state index in [2.05, 4.69) is 20.4 Å². The number of nitrogens with one attached hydrogen (secondary N) is 1. The normalized spacial score (nSPS) is 19.4. The summed E-state index contributed by atoms with van der Waals surface area (Å²) in [4.78, 5) is 13.6. The van der Waals surface area contributed by atoms with Crippen molar-refractivity contribution in [2.24, 2.45) is 10.4 Å². The second-order valence-corrected chi connectivity index (χ2v) is 8.96. The molecule has 0 atom stereocenters. The molecule has 2 aliphatic rings. The number of rotatable bonds is 4. The quantitative estimate of drug-likeness (QED) is 0.600. The molecule has 1 N–H and O–H groups in total. The van der Waals surface area contributed by atoms with E-state index in [-0.39, 0.29) is 24.3 Å². The zero-order valence-corrected chi connectivity index (χ0v) is 17.3. The maximum atomic E-state index is 13.2. The van der Waals surface area contributed by atoms with Crippen LogP contribution in [0.5, 0.6) is 0 Å². The molecule has 2 saturated carbocycles. The lowest BCUT2D eigenvalue weighted by molar-refractivity contribution is -0.193. The van der Waals surface area contributed by atoms with E-state index in [0.717, 1.165) is 46.7 Å². The Kier molecular flexibility index (Phi) is 4.17. The van der Waals surface area contributed by atoms with Gasteiger partial charge < -0.3 is 5.32 Å². The number of aryl methyl sites for hydroxylation is 1. The molecule has 3 aromatic rings. The van der Waals surface area contributed by atoms with Gasteiger partial charge in [-0.25, -0.2) is 18.3 Å². The van der Waals surface area contributed by atoms with Gasteiger partial charge in [0.25, 0.3) is 0 Å². The Bertz CT molecular complexity index is 1150. The molecule has 30 heavy (non-hydrogen) atoms. The number of halogens is 2. The molecule has 3 heterocycles. The smallest absolute Gasteiger partial charge is 0.249 e. The minimum atomic E-state index is -2.46. The third kappa shape index (κ3) is 3.34. The first-order chi connectivity index (χ1) is 14.2. The Morgan fingerprint density at radius 3 is 2.63 bits per heavy atom. The molecule has 0 amide bonds. The number of alkyl halides is 2. The van der Waals surface area contributed by atoms with Gasteiger partial charge in [0.15, 0.2) is 0 Å². The van der Waals surface area contributed by atoms with Gasteiger partial charge in [-0.2, -0.15) is 0 Å². The summed E-state index contributed by atoms with van der Waals surface area (Å²) in [6.45, 7) is 5.87. The zero-order valence-electron chi connectivity index (χ0n) is 17.3. The lowest BCUT2D eigenvalue weighted by Gasteiger charge is -2.57. The van der Waals surface area contributed by atoms with Crippen molar-refractivity contribution in [1.82, 2.24) is 19.6 Å². The Balaban J connectivity index is 1.32. The highest BCUT2D eigenvalue weighted by Gasteiger charge is 2.61. The van der Waals surface area contributed by atoms with Gasteiger partial charge in [0.1, 0.15) is 0 Å². The van der Waals surface area contributed by atoms with Gasteiger partial charge in [-0.05, 0) is 57.2 Å². The summed E-state index contributed by atoms with van der Waals surface area (Å²) in [5.41, 5.74) is 5.21. The van der Waals surface area contributed by atoms with E-state index in [1.54, 1.807) is 10.7 Å². The van der Waals surface area contributed by atoms with Crippen molar-refractivity contribution in [3.8, 4) is 11.3 Å². The predicted octanol–water partition coefficient (Wildman–Crippen LogP) is 5.20. The summed E-state index contributed by atoms with van der Waals surface area (Å²) in [7, 11) is 0. The van der Waals surface area contributed by atoms with Crippen LogP contribution >= 0.6 is 0 Å². The number of pyridine rings is 1. The van der Waals surface area contributed by atoms with Crippen LogP contribution in [0.4, 0.5) is 20.4 Å². The lowest BCUT2D eigenvalue weighted by Crippen LogP contribution is -2.57. The standard InChI is InChI=1S/C22H24F2N6/c1-13(2)26-17-4-5-18(27-14(17)3)16-6-7-30-19(16)10-25-20(29-30)28-15-8-21(9-15)11-22(23,24)12-21/h4-7,10,15H,8-9,11-12H2,1-3H3,(H,28,29). The van der Waals surface area contributed by atoms with E-state index in [0.29, 0.717) is 5.95 Å². The molecule has 2 fully saturated rings. The van der Waals surface area contributed by atoms with E-state index in [1.807, 2.05) is 45.2 Å². The van der Waals surface area contributed by atoms with Crippen molar-refractivity contribution >= 4 is 22.9 Å². The Labute approximate surface area is 173 Å². The number of aromatic nitrogens is 4. The van der Waals surface area contributed by atoms with Gasteiger partial charge in [0.05, 0.1) is 28.8 Å². The molecule has 3 aromatic heterocycles. The van der Waals surface area contributed by atoms with Crippen LogP contribution in [-0.2, 0) is 0 Å². The van der Waals surface area contributed by atoms with E-state index in [1.165, 1.54) is 0 Å². The number of fused-ring (bicyclic) bond motifs is 1. The summed E-state index contributed by atoms with van der Waals surface area (Å²) in [5, 5.41) is 7.83. The minimum Gasteiger partial charge on any atom is -0.350 e. The molecular formula is C22H24F2N6. The molecule has 1 spiro atoms. The van der Waals surface area contributed by atoms with Crippen LogP contribution in [0.1, 0.15) is 45.2 Å². The SMILES string of the molecule is CC(C)=Nc1ccc(-c2ccn3nc(NC4CC5(C4)CC(F)(F)C5)ncc23)nc1C. The topological polar surface area (TPSA) is 67.5 Å². The fraction of sp³-hybridized carbons (Fsp3) is 0.455. The maximum Gasteiger partial charge on any atom is 0.249 e. The van der Waals surface area contributed by atoms with Crippen molar-refractivity contribution in [3.63, 3.8) is 0 Å². The van der Waals surface area contributed by atoms with Gasteiger partial charge >= 0.3 is 0 Å². The van der Waals surface area contributed by atoms with Crippen LogP contribution in [0.3, 0.4) is 0 Å². The fourth-order valence-electron chi connectivity index (χ4n) is 4.85. The first kappa shape index (κ1) is 19.1. The number of aliphatic imine (C=N–C) groups is 1. The fourth-order valence-corrected chi connectivity index (χ4v) is 4.85. The van der Waals surface area contributed by atoms with Crippen LogP contribution in [-0.4, -0.2) is 37.3 Å². The van der Waals surface area contributed by atoms with Crippen molar-refractivity contribution in [3.05, 3.63) is 36.3 Å². The van der Waals surface area contributed by atoms with Crippen LogP contribution in [0, 0.1) is 12.3 Å². The molecule has 8 heteroatoms. The molecule has 156 valence electrons. The Morgan fingerprint density at radius 2 is 1.97 bits per heavy atom. The molecule has 0 aromatic carbocycles. The van der Waals surface area contributed by atoms with Crippen LogP contribution in [0.2, 0.25) is 0 Å². The van der Waals surface area contributed by atoms with Crippen LogP contribution in [0.15, 0.2) is 35.6 Å². The first-order valence-corrected chi connectivity index (χ1v) is 10.2. The number of anilines is 1. The molecule has 5 rings (SSSR count).